The molecule has 21 heavy (non-hydrogen) atoms. The average Bonchev–Trinajstić information content (AvgIpc) is 2.94. The molecule has 0 bridgehead atoms. The third-order valence-corrected chi connectivity index (χ3v) is 4.17. The molecule has 3 rings (SSSR count). The molecule has 0 atom stereocenters. The van der Waals surface area contributed by atoms with Crippen LogP contribution in [-0.4, -0.2) is 19.2 Å². The van der Waals surface area contributed by atoms with Crippen molar-refractivity contribution in [2.75, 3.05) is 0 Å². The summed E-state index contributed by atoms with van der Waals surface area (Å²) in [5.41, 5.74) is 0.871. The van der Waals surface area contributed by atoms with Crippen LogP contribution < -0.4 is 8.92 Å². The highest BCUT2D eigenvalue weighted by atomic mass is 32.2. The Morgan fingerprint density at radius 1 is 1.33 bits per heavy atom. The van der Waals surface area contributed by atoms with Crippen molar-refractivity contribution < 1.29 is 21.9 Å². The molecule has 7 heteroatoms. The fraction of sp³-hybridized carbons (Fsp3) is 0.357. The zero-order valence-corrected chi connectivity index (χ0v) is 12.5. The van der Waals surface area contributed by atoms with E-state index in [1.807, 2.05) is 19.9 Å². The van der Waals surface area contributed by atoms with Crippen LogP contribution in [0.1, 0.15) is 25.1 Å². The summed E-state index contributed by atoms with van der Waals surface area (Å²) in [7, 11) is -3.82. The molecule has 1 aromatic heterocycles. The number of nitrogens with zero attached hydrogens (tertiary/aromatic N) is 1. The lowest BCUT2D eigenvalue weighted by Crippen LogP contribution is -2.25. The van der Waals surface area contributed by atoms with Crippen molar-refractivity contribution in [2.24, 2.45) is 0 Å². The van der Waals surface area contributed by atoms with Crippen LogP contribution in [0.2, 0.25) is 0 Å². The van der Waals surface area contributed by atoms with Crippen LogP contribution in [0, 0.1) is 0 Å². The molecular formula is C14H15NO5S. The number of hydrogen-bond donors (Lipinski definition) is 0. The summed E-state index contributed by atoms with van der Waals surface area (Å²) in [4.78, 5) is 0. The number of fused-ring (bicyclic) bond motifs is 1. The van der Waals surface area contributed by atoms with Gasteiger partial charge in [-0.05, 0) is 19.9 Å². The molecule has 2 heterocycles. The van der Waals surface area contributed by atoms with Crippen LogP contribution >= 0.6 is 0 Å². The Bertz CT molecular complexity index is 750. The van der Waals surface area contributed by atoms with Crippen LogP contribution in [0.15, 0.2) is 35.1 Å². The number of ether oxygens (including phenoxy) is 1. The van der Waals surface area contributed by atoms with E-state index in [1.165, 1.54) is 12.3 Å². The van der Waals surface area contributed by atoms with Crippen molar-refractivity contribution in [3.8, 4) is 11.5 Å². The summed E-state index contributed by atoms with van der Waals surface area (Å²) in [5.74, 6) is 0.351. The number of hydrogen-bond acceptors (Lipinski definition) is 6. The smallest absolute Gasteiger partial charge is 0.315 e. The standard InChI is InChI=1S/C14H15NO5S/c1-14(2)8-10-4-3-5-12(13(10)19-14)20-21(16,17)9-11-6-7-18-15-11/h3-7H,8-9H2,1-2H3. The Morgan fingerprint density at radius 2 is 2.14 bits per heavy atom. The molecule has 0 unspecified atom stereocenters. The van der Waals surface area contributed by atoms with Crippen molar-refractivity contribution >= 4 is 10.1 Å². The Balaban J connectivity index is 1.85. The maximum absolute atomic E-state index is 12.1. The predicted octanol–water partition coefficient (Wildman–Crippen LogP) is 2.30. The first-order valence-electron chi connectivity index (χ1n) is 6.47. The lowest BCUT2D eigenvalue weighted by Gasteiger charge is -2.18. The maximum Gasteiger partial charge on any atom is 0.315 e. The maximum atomic E-state index is 12.1. The molecule has 112 valence electrons. The highest BCUT2D eigenvalue weighted by molar-refractivity contribution is 7.86. The Hall–Kier alpha value is -2.02. The molecule has 0 fully saturated rings. The van der Waals surface area contributed by atoms with E-state index in [1.54, 1.807) is 12.1 Å². The lowest BCUT2D eigenvalue weighted by molar-refractivity contribution is 0.136. The number of benzene rings is 1. The van der Waals surface area contributed by atoms with E-state index >= 15 is 0 Å². The number of para-hydroxylation sites is 1. The van der Waals surface area contributed by atoms with Gasteiger partial charge in [0, 0.05) is 18.1 Å². The van der Waals surface area contributed by atoms with E-state index in [4.69, 9.17) is 8.92 Å². The highest BCUT2D eigenvalue weighted by Gasteiger charge is 2.33. The molecule has 1 aromatic carbocycles. The summed E-state index contributed by atoms with van der Waals surface area (Å²) in [5, 5.41) is 3.57. The normalized spacial score (nSPS) is 16.3. The Morgan fingerprint density at radius 3 is 2.86 bits per heavy atom. The molecule has 1 aliphatic heterocycles. The van der Waals surface area contributed by atoms with Gasteiger partial charge in [-0.2, -0.15) is 8.42 Å². The zero-order chi connectivity index (χ0) is 15.1. The second-order valence-corrected chi connectivity index (χ2v) is 7.13. The third-order valence-electron chi connectivity index (χ3n) is 3.09. The fourth-order valence-electron chi connectivity index (χ4n) is 2.31. The molecule has 1 aliphatic rings. The third kappa shape index (κ3) is 3.02. The van der Waals surface area contributed by atoms with E-state index in [-0.39, 0.29) is 17.1 Å². The van der Waals surface area contributed by atoms with Crippen molar-refractivity contribution in [3.05, 3.63) is 41.8 Å². The monoisotopic (exact) mass is 309 g/mol. The molecule has 0 radical (unpaired) electrons. The van der Waals surface area contributed by atoms with E-state index < -0.39 is 10.1 Å². The molecule has 0 amide bonds. The van der Waals surface area contributed by atoms with Gasteiger partial charge in [-0.3, -0.25) is 0 Å². The molecule has 6 nitrogen and oxygen atoms in total. The average molecular weight is 309 g/mol. The van der Waals surface area contributed by atoms with Gasteiger partial charge >= 0.3 is 10.1 Å². The number of rotatable bonds is 4. The van der Waals surface area contributed by atoms with Crippen molar-refractivity contribution in [3.63, 3.8) is 0 Å². The Kier molecular flexibility index (Phi) is 3.16. The molecule has 2 aromatic rings. The van der Waals surface area contributed by atoms with Gasteiger partial charge in [0.2, 0.25) is 0 Å². The Labute approximate surface area is 122 Å². The number of aromatic nitrogens is 1. The van der Waals surface area contributed by atoms with Gasteiger partial charge in [-0.25, -0.2) is 0 Å². The SMILES string of the molecule is CC1(C)Cc2cccc(OS(=O)(=O)Cc3ccon3)c2O1. The fourth-order valence-corrected chi connectivity index (χ4v) is 3.29. The first kappa shape index (κ1) is 13.9. The van der Waals surface area contributed by atoms with Crippen molar-refractivity contribution in [1.29, 1.82) is 0 Å². The van der Waals surface area contributed by atoms with Gasteiger partial charge < -0.3 is 13.4 Å². The van der Waals surface area contributed by atoms with Gasteiger partial charge in [-0.1, -0.05) is 17.3 Å². The molecule has 0 aliphatic carbocycles. The minimum absolute atomic E-state index is 0.210. The summed E-state index contributed by atoms with van der Waals surface area (Å²) < 4.78 is 39.7. The predicted molar refractivity (Wildman–Crippen MR) is 74.6 cm³/mol. The second kappa shape index (κ2) is 4.77. The quantitative estimate of drug-likeness (QED) is 0.806. The summed E-state index contributed by atoms with van der Waals surface area (Å²) in [6.07, 6.45) is 2.03. The minimum atomic E-state index is -3.82. The van der Waals surface area contributed by atoms with Crippen molar-refractivity contribution in [2.45, 2.75) is 31.6 Å². The molecule has 0 saturated carbocycles. The topological polar surface area (TPSA) is 78.6 Å². The highest BCUT2D eigenvalue weighted by Crippen LogP contribution is 2.42. The molecule has 0 N–H and O–H groups in total. The lowest BCUT2D eigenvalue weighted by atomic mass is 10.0. The molecule has 0 saturated heterocycles. The van der Waals surface area contributed by atoms with Crippen LogP contribution in [0.3, 0.4) is 0 Å². The second-order valence-electron chi connectivity index (χ2n) is 5.56. The first-order valence-corrected chi connectivity index (χ1v) is 8.05. The largest absolute Gasteiger partial charge is 0.483 e. The van der Waals surface area contributed by atoms with Gasteiger partial charge in [0.1, 0.15) is 23.3 Å². The van der Waals surface area contributed by atoms with Crippen LogP contribution in [0.25, 0.3) is 0 Å². The van der Waals surface area contributed by atoms with E-state index in [9.17, 15) is 8.42 Å². The van der Waals surface area contributed by atoms with Gasteiger partial charge in [-0.15, -0.1) is 0 Å². The van der Waals surface area contributed by atoms with Gasteiger partial charge in [0.25, 0.3) is 0 Å². The van der Waals surface area contributed by atoms with Gasteiger partial charge in [0.05, 0.1) is 0 Å². The van der Waals surface area contributed by atoms with Crippen molar-refractivity contribution in [1.82, 2.24) is 5.16 Å². The van der Waals surface area contributed by atoms with E-state index in [0.29, 0.717) is 17.9 Å². The molecule has 0 spiro atoms. The summed E-state index contributed by atoms with van der Waals surface area (Å²) >= 11 is 0. The van der Waals surface area contributed by atoms with E-state index in [0.717, 1.165) is 5.56 Å². The molecular weight excluding hydrogens is 294 g/mol. The summed E-state index contributed by atoms with van der Waals surface area (Å²) in [6.45, 7) is 3.89. The zero-order valence-electron chi connectivity index (χ0n) is 11.7. The van der Waals surface area contributed by atoms with Gasteiger partial charge in [0.15, 0.2) is 11.5 Å². The van der Waals surface area contributed by atoms with E-state index in [2.05, 4.69) is 9.68 Å². The van der Waals surface area contributed by atoms with Crippen LogP contribution in [0.4, 0.5) is 0 Å². The van der Waals surface area contributed by atoms with Crippen LogP contribution in [-0.2, 0) is 22.3 Å². The minimum Gasteiger partial charge on any atom is -0.483 e. The first-order chi connectivity index (χ1) is 9.85. The summed E-state index contributed by atoms with van der Waals surface area (Å²) in [6, 6.07) is 6.72. The van der Waals surface area contributed by atoms with Crippen LogP contribution in [0.5, 0.6) is 11.5 Å².